The minimum Gasteiger partial charge on any atom is -0.334 e. The van der Waals surface area contributed by atoms with Crippen molar-refractivity contribution in [3.05, 3.63) is 28.2 Å². The molecule has 1 aromatic rings. The normalized spacial score (nSPS) is 10.3. The lowest BCUT2D eigenvalue weighted by Crippen LogP contribution is -2.37. The Kier molecular flexibility index (Phi) is 7.43. The number of nitrogens with zero attached hydrogens (tertiary/aromatic N) is 1. The Morgan fingerprint density at radius 2 is 2.00 bits per heavy atom. The maximum Gasteiger partial charge on any atom is 0.244 e. The van der Waals surface area contributed by atoms with Gasteiger partial charge in [-0.3, -0.25) is 9.59 Å². The van der Waals surface area contributed by atoms with E-state index in [9.17, 15) is 9.59 Å². The van der Waals surface area contributed by atoms with Crippen LogP contribution >= 0.6 is 15.9 Å². The fourth-order valence-electron chi connectivity index (χ4n) is 1.99. The van der Waals surface area contributed by atoms with Gasteiger partial charge < -0.3 is 10.2 Å². The van der Waals surface area contributed by atoms with Crippen LogP contribution in [0.3, 0.4) is 0 Å². The zero-order chi connectivity index (χ0) is 15.8. The van der Waals surface area contributed by atoms with E-state index in [1.807, 2.05) is 25.1 Å². The van der Waals surface area contributed by atoms with Gasteiger partial charge in [0.05, 0.1) is 12.2 Å². The lowest BCUT2D eigenvalue weighted by Gasteiger charge is -2.20. The molecule has 0 atom stereocenters. The summed E-state index contributed by atoms with van der Waals surface area (Å²) < 4.78 is 0.844. The molecule has 1 N–H and O–H groups in total. The van der Waals surface area contributed by atoms with Gasteiger partial charge in [-0.15, -0.1) is 0 Å². The van der Waals surface area contributed by atoms with Gasteiger partial charge in [-0.1, -0.05) is 25.8 Å². The number of carbonyl (C=O) groups is 2. The van der Waals surface area contributed by atoms with E-state index in [-0.39, 0.29) is 18.4 Å². The molecule has 0 aliphatic carbocycles. The van der Waals surface area contributed by atoms with Gasteiger partial charge in [0.25, 0.3) is 0 Å². The topological polar surface area (TPSA) is 49.4 Å². The maximum absolute atomic E-state index is 12.1. The molecule has 0 aromatic heterocycles. The van der Waals surface area contributed by atoms with E-state index in [1.54, 1.807) is 4.90 Å². The maximum atomic E-state index is 12.1. The van der Waals surface area contributed by atoms with Crippen LogP contribution in [0.2, 0.25) is 0 Å². The number of anilines is 1. The molecule has 21 heavy (non-hydrogen) atoms. The number of aryl methyl sites for hydroxylation is 1. The number of benzene rings is 1. The molecule has 1 rings (SSSR count). The van der Waals surface area contributed by atoms with Crippen molar-refractivity contribution < 1.29 is 9.59 Å². The Hall–Kier alpha value is -1.36. The third kappa shape index (κ3) is 6.29. The first kappa shape index (κ1) is 17.7. The molecule has 0 heterocycles. The number of carbonyl (C=O) groups excluding carboxylic acids is 2. The van der Waals surface area contributed by atoms with Crippen LogP contribution in [-0.4, -0.2) is 29.8 Å². The predicted molar refractivity (Wildman–Crippen MR) is 89.3 cm³/mol. The summed E-state index contributed by atoms with van der Waals surface area (Å²) in [5.41, 5.74) is 1.84. The Morgan fingerprint density at radius 3 is 2.57 bits per heavy atom. The molecular weight excluding hydrogens is 332 g/mol. The third-order valence-electron chi connectivity index (χ3n) is 3.21. The molecule has 2 amide bonds. The van der Waals surface area contributed by atoms with Gasteiger partial charge in [0.2, 0.25) is 11.8 Å². The highest BCUT2D eigenvalue weighted by molar-refractivity contribution is 9.10. The van der Waals surface area contributed by atoms with Crippen molar-refractivity contribution in [3.63, 3.8) is 0 Å². The van der Waals surface area contributed by atoms with Crippen molar-refractivity contribution >= 4 is 33.4 Å². The average molecular weight is 355 g/mol. The first-order chi connectivity index (χ1) is 9.93. The van der Waals surface area contributed by atoms with Crippen molar-refractivity contribution in [2.45, 2.75) is 40.0 Å². The van der Waals surface area contributed by atoms with Crippen LogP contribution in [0.25, 0.3) is 0 Å². The van der Waals surface area contributed by atoms with Crippen molar-refractivity contribution in [1.29, 1.82) is 0 Å². The first-order valence-electron chi connectivity index (χ1n) is 7.25. The standard InChI is InChI=1S/C16H23BrN2O2/c1-4-5-6-9-19(13(3)20)11-16(21)18-15-8-7-12(2)10-14(15)17/h7-8,10H,4-6,9,11H2,1-3H3,(H,18,21). The van der Waals surface area contributed by atoms with E-state index in [0.29, 0.717) is 6.54 Å². The van der Waals surface area contributed by atoms with E-state index in [1.165, 1.54) is 6.92 Å². The number of amides is 2. The van der Waals surface area contributed by atoms with Crippen molar-refractivity contribution in [2.75, 3.05) is 18.4 Å². The molecule has 0 saturated carbocycles. The van der Waals surface area contributed by atoms with Crippen molar-refractivity contribution in [1.82, 2.24) is 4.90 Å². The van der Waals surface area contributed by atoms with Crippen molar-refractivity contribution in [3.8, 4) is 0 Å². The summed E-state index contributed by atoms with van der Waals surface area (Å²) in [6, 6.07) is 5.73. The largest absolute Gasteiger partial charge is 0.334 e. The highest BCUT2D eigenvalue weighted by Gasteiger charge is 2.14. The van der Waals surface area contributed by atoms with Gasteiger partial charge in [0.15, 0.2) is 0 Å². The highest BCUT2D eigenvalue weighted by atomic mass is 79.9. The Labute approximate surface area is 135 Å². The first-order valence-corrected chi connectivity index (χ1v) is 8.04. The Morgan fingerprint density at radius 1 is 1.29 bits per heavy atom. The minimum absolute atomic E-state index is 0.0655. The number of nitrogens with one attached hydrogen (secondary N) is 1. The van der Waals surface area contributed by atoms with Crippen LogP contribution in [0.1, 0.15) is 38.7 Å². The van der Waals surface area contributed by atoms with E-state index in [0.717, 1.165) is 35.0 Å². The van der Waals surface area contributed by atoms with Gasteiger partial charge in [0.1, 0.15) is 0 Å². The molecule has 0 fully saturated rings. The number of hydrogen-bond acceptors (Lipinski definition) is 2. The molecule has 116 valence electrons. The van der Waals surface area contributed by atoms with E-state index in [4.69, 9.17) is 0 Å². The second kappa shape index (κ2) is 8.82. The molecule has 0 aliphatic heterocycles. The fraction of sp³-hybridized carbons (Fsp3) is 0.500. The smallest absolute Gasteiger partial charge is 0.244 e. The van der Waals surface area contributed by atoms with Gasteiger partial charge in [-0.2, -0.15) is 0 Å². The molecule has 0 saturated heterocycles. The Bertz CT molecular complexity index is 503. The number of unbranched alkanes of at least 4 members (excludes halogenated alkanes) is 2. The van der Waals surface area contributed by atoms with Crippen LogP contribution in [0.4, 0.5) is 5.69 Å². The zero-order valence-electron chi connectivity index (χ0n) is 12.9. The van der Waals surface area contributed by atoms with Gasteiger partial charge in [-0.25, -0.2) is 0 Å². The molecule has 0 bridgehead atoms. The zero-order valence-corrected chi connectivity index (χ0v) is 14.5. The summed E-state index contributed by atoms with van der Waals surface area (Å²) in [5.74, 6) is -0.240. The summed E-state index contributed by atoms with van der Waals surface area (Å²) >= 11 is 3.43. The lowest BCUT2D eigenvalue weighted by atomic mass is 10.2. The molecule has 0 unspecified atom stereocenters. The molecule has 0 spiro atoms. The molecule has 4 nitrogen and oxygen atoms in total. The second-order valence-corrected chi connectivity index (χ2v) is 6.03. The molecule has 5 heteroatoms. The van der Waals surface area contributed by atoms with E-state index >= 15 is 0 Å². The van der Waals surface area contributed by atoms with E-state index < -0.39 is 0 Å². The molecule has 1 aromatic carbocycles. The quantitative estimate of drug-likeness (QED) is 0.758. The van der Waals surface area contributed by atoms with Crippen molar-refractivity contribution in [2.24, 2.45) is 0 Å². The van der Waals surface area contributed by atoms with Gasteiger partial charge in [-0.05, 0) is 47.0 Å². The molecule has 0 aliphatic rings. The number of rotatable bonds is 7. The van der Waals surface area contributed by atoms with Gasteiger partial charge >= 0.3 is 0 Å². The average Bonchev–Trinajstić information content (AvgIpc) is 2.41. The number of hydrogen-bond donors (Lipinski definition) is 1. The van der Waals surface area contributed by atoms with Gasteiger partial charge in [0, 0.05) is 17.9 Å². The summed E-state index contributed by atoms with van der Waals surface area (Å²) in [6.07, 6.45) is 3.08. The Balaban J connectivity index is 2.59. The highest BCUT2D eigenvalue weighted by Crippen LogP contribution is 2.23. The summed E-state index contributed by atoms with van der Waals surface area (Å²) in [4.78, 5) is 25.2. The SMILES string of the molecule is CCCCCN(CC(=O)Nc1ccc(C)cc1Br)C(C)=O. The summed E-state index contributed by atoms with van der Waals surface area (Å²) in [6.45, 7) is 6.33. The van der Waals surface area contributed by atoms with E-state index in [2.05, 4.69) is 28.2 Å². The predicted octanol–water partition coefficient (Wildman–Crippen LogP) is 3.73. The number of halogens is 1. The minimum atomic E-state index is -0.175. The van der Waals surface area contributed by atoms with Crippen LogP contribution in [-0.2, 0) is 9.59 Å². The summed E-state index contributed by atoms with van der Waals surface area (Å²) in [7, 11) is 0. The third-order valence-corrected chi connectivity index (χ3v) is 3.87. The van der Waals surface area contributed by atoms with Crippen LogP contribution in [0.15, 0.2) is 22.7 Å². The summed E-state index contributed by atoms with van der Waals surface area (Å²) in [5, 5.41) is 2.83. The monoisotopic (exact) mass is 354 g/mol. The van der Waals surface area contributed by atoms with Crippen LogP contribution in [0.5, 0.6) is 0 Å². The molecular formula is C16H23BrN2O2. The lowest BCUT2D eigenvalue weighted by molar-refractivity contribution is -0.132. The fourth-order valence-corrected chi connectivity index (χ4v) is 2.58. The van der Waals surface area contributed by atoms with Crippen LogP contribution < -0.4 is 5.32 Å². The second-order valence-electron chi connectivity index (χ2n) is 5.18. The molecule has 0 radical (unpaired) electrons. The van der Waals surface area contributed by atoms with Crippen LogP contribution in [0, 0.1) is 6.92 Å².